The lowest BCUT2D eigenvalue weighted by atomic mass is 11.2. The summed E-state index contributed by atoms with van der Waals surface area (Å²) in [5, 5.41) is 0. The first-order chi connectivity index (χ1) is 3.06. The van der Waals surface area contributed by atoms with Crippen LogP contribution < -0.4 is 0 Å². The van der Waals surface area contributed by atoms with Crippen LogP contribution in [0.5, 0.6) is 0 Å². The summed E-state index contributed by atoms with van der Waals surface area (Å²) in [5.41, 5.74) is 0. The highest BCUT2D eigenvalue weighted by molar-refractivity contribution is 7.80. The Kier molecular flexibility index (Phi) is 1.79. The standard InChI is InChI=1S/C2H3O4S/c1-2-6-7(3,4)5/h2H,1H2. The quantitative estimate of drug-likeness (QED) is 0.478. The van der Waals surface area contributed by atoms with Crippen molar-refractivity contribution in [2.24, 2.45) is 0 Å². The molecule has 0 saturated carbocycles. The third-order valence-corrected chi connectivity index (χ3v) is 0.558. The number of hydrogen-bond acceptors (Lipinski definition) is 3. The monoisotopic (exact) mass is 123 g/mol. The van der Waals surface area contributed by atoms with Crippen molar-refractivity contribution >= 4 is 10.4 Å². The van der Waals surface area contributed by atoms with Gasteiger partial charge in [-0.3, -0.25) is 0 Å². The lowest BCUT2D eigenvalue weighted by Crippen LogP contribution is -1.93. The second kappa shape index (κ2) is 1.94. The molecule has 0 bridgehead atoms. The van der Waals surface area contributed by atoms with Gasteiger partial charge in [0.2, 0.25) is 0 Å². The molecule has 0 spiro atoms. The van der Waals surface area contributed by atoms with Crippen LogP contribution in [0.15, 0.2) is 12.8 Å². The minimum Gasteiger partial charge on any atom is -0.369 e. The Bertz CT molecular complexity index is 143. The van der Waals surface area contributed by atoms with Crippen LogP contribution in [0.1, 0.15) is 0 Å². The fraction of sp³-hybridized carbons (Fsp3) is 0. The molecule has 41 valence electrons. The van der Waals surface area contributed by atoms with Crippen LogP contribution in [0.3, 0.4) is 0 Å². The van der Waals surface area contributed by atoms with Gasteiger partial charge in [0.15, 0.2) is 0 Å². The molecule has 0 rings (SSSR count). The first-order valence-electron chi connectivity index (χ1n) is 1.31. The summed E-state index contributed by atoms with van der Waals surface area (Å²) in [6, 6.07) is 0. The van der Waals surface area contributed by atoms with Crippen LogP contribution in [0, 0.1) is 0 Å². The second-order valence-corrected chi connectivity index (χ2v) is 1.68. The molecule has 0 amide bonds. The summed E-state index contributed by atoms with van der Waals surface area (Å²) in [6.45, 7) is 2.84. The lowest BCUT2D eigenvalue weighted by Gasteiger charge is -1.84. The van der Waals surface area contributed by atoms with Crippen LogP contribution in [-0.2, 0) is 19.1 Å². The molecule has 0 aromatic carbocycles. The minimum absolute atomic E-state index is 0.558. The van der Waals surface area contributed by atoms with E-state index < -0.39 is 10.4 Å². The highest BCUT2D eigenvalue weighted by Crippen LogP contribution is 1.83. The van der Waals surface area contributed by atoms with Gasteiger partial charge in [0.25, 0.3) is 0 Å². The molecule has 0 heterocycles. The second-order valence-electron chi connectivity index (χ2n) is 0.671. The predicted molar refractivity (Wildman–Crippen MR) is 20.9 cm³/mol. The van der Waals surface area contributed by atoms with Gasteiger partial charge >= 0.3 is 10.4 Å². The van der Waals surface area contributed by atoms with Crippen LogP contribution >= 0.6 is 0 Å². The number of rotatable bonds is 2. The molecule has 0 unspecified atom stereocenters. The molecule has 5 heteroatoms. The predicted octanol–water partition coefficient (Wildman–Crippen LogP) is -0.178. The van der Waals surface area contributed by atoms with E-state index in [1.807, 2.05) is 0 Å². The molecule has 1 radical (unpaired) electrons. The highest BCUT2D eigenvalue weighted by atomic mass is 32.3. The van der Waals surface area contributed by atoms with Gasteiger partial charge in [-0.25, -0.2) is 0 Å². The maximum Gasteiger partial charge on any atom is 0.477 e. The molecule has 4 nitrogen and oxygen atoms in total. The van der Waals surface area contributed by atoms with Crippen molar-refractivity contribution in [2.75, 3.05) is 0 Å². The molecule has 0 aliphatic heterocycles. The van der Waals surface area contributed by atoms with Crippen molar-refractivity contribution in [1.29, 1.82) is 0 Å². The van der Waals surface area contributed by atoms with Crippen molar-refractivity contribution < 1.29 is 17.2 Å². The average molecular weight is 123 g/mol. The van der Waals surface area contributed by atoms with E-state index in [9.17, 15) is 13.0 Å². The van der Waals surface area contributed by atoms with Gasteiger partial charge in [0.05, 0.1) is 0 Å². The molecule has 0 aromatic heterocycles. The molecular formula is C2H3O4S. The molecule has 0 saturated heterocycles. The van der Waals surface area contributed by atoms with E-state index in [2.05, 4.69) is 10.8 Å². The van der Waals surface area contributed by atoms with E-state index in [-0.39, 0.29) is 0 Å². The fourth-order valence-electron chi connectivity index (χ4n) is 0.0833. The Labute approximate surface area is 41.4 Å². The zero-order valence-corrected chi connectivity index (χ0v) is 4.14. The van der Waals surface area contributed by atoms with Gasteiger partial charge in [-0.1, -0.05) is 11.1 Å². The zero-order valence-electron chi connectivity index (χ0n) is 3.33. The SMILES string of the molecule is C=COS([O])(=O)=O. The Morgan fingerprint density at radius 2 is 2.00 bits per heavy atom. The molecule has 0 aliphatic rings. The molecule has 7 heavy (non-hydrogen) atoms. The maximum atomic E-state index is 9.38. The first kappa shape index (κ1) is 6.45. The van der Waals surface area contributed by atoms with Crippen molar-refractivity contribution in [3.05, 3.63) is 12.8 Å². The zero-order chi connectivity index (χ0) is 5.91. The van der Waals surface area contributed by atoms with E-state index in [0.717, 1.165) is 0 Å². The smallest absolute Gasteiger partial charge is 0.369 e. The van der Waals surface area contributed by atoms with Gasteiger partial charge in [-0.15, -0.1) is 0 Å². The van der Waals surface area contributed by atoms with Crippen molar-refractivity contribution in [3.63, 3.8) is 0 Å². The Morgan fingerprint density at radius 3 is 2.00 bits per heavy atom. The average Bonchev–Trinajstić information content (AvgIpc) is 1.30. The summed E-state index contributed by atoms with van der Waals surface area (Å²) >= 11 is 0. The molecule has 0 atom stereocenters. The van der Waals surface area contributed by atoms with E-state index in [0.29, 0.717) is 6.26 Å². The van der Waals surface area contributed by atoms with E-state index in [1.54, 1.807) is 0 Å². The number of hydrogen-bond donors (Lipinski definition) is 0. The Morgan fingerprint density at radius 1 is 1.57 bits per heavy atom. The molecule has 0 N–H and O–H groups in total. The van der Waals surface area contributed by atoms with Crippen LogP contribution in [0.25, 0.3) is 0 Å². The third-order valence-electron chi connectivity index (χ3n) is 0.186. The molecule has 0 aromatic rings. The van der Waals surface area contributed by atoms with Gasteiger partial charge in [0, 0.05) is 0 Å². The minimum atomic E-state index is -4.54. The van der Waals surface area contributed by atoms with Gasteiger partial charge in [-0.2, -0.15) is 8.42 Å². The first-order valence-corrected chi connectivity index (χ1v) is 2.64. The molecule has 0 fully saturated rings. The summed E-state index contributed by atoms with van der Waals surface area (Å²) in [5.74, 6) is 0. The van der Waals surface area contributed by atoms with Gasteiger partial charge in [-0.05, 0) is 0 Å². The molecular weight excluding hydrogens is 120 g/mol. The fourth-order valence-corrected chi connectivity index (χ4v) is 0.250. The largest absolute Gasteiger partial charge is 0.477 e. The van der Waals surface area contributed by atoms with Crippen molar-refractivity contribution in [1.82, 2.24) is 0 Å². The van der Waals surface area contributed by atoms with E-state index in [1.165, 1.54) is 0 Å². The van der Waals surface area contributed by atoms with E-state index in [4.69, 9.17) is 0 Å². The van der Waals surface area contributed by atoms with Crippen LogP contribution in [0.4, 0.5) is 0 Å². The van der Waals surface area contributed by atoms with Gasteiger partial charge < -0.3 is 4.18 Å². The topological polar surface area (TPSA) is 63.3 Å². The normalized spacial score (nSPS) is 10.4. The lowest BCUT2D eigenvalue weighted by molar-refractivity contribution is 0.313. The summed E-state index contributed by atoms with van der Waals surface area (Å²) in [4.78, 5) is 0. The summed E-state index contributed by atoms with van der Waals surface area (Å²) in [6.07, 6.45) is 0.558. The van der Waals surface area contributed by atoms with Crippen LogP contribution in [-0.4, -0.2) is 8.42 Å². The molecule has 0 aliphatic carbocycles. The van der Waals surface area contributed by atoms with Crippen LogP contribution in [0.2, 0.25) is 0 Å². The summed E-state index contributed by atoms with van der Waals surface area (Å²) in [7, 11) is -4.54. The third kappa shape index (κ3) is 5.45. The van der Waals surface area contributed by atoms with Crippen molar-refractivity contribution in [3.8, 4) is 0 Å². The van der Waals surface area contributed by atoms with E-state index >= 15 is 0 Å². The Balaban J connectivity index is 3.84. The Hall–Kier alpha value is -0.550. The summed E-state index contributed by atoms with van der Waals surface area (Å²) < 4.78 is 31.6. The van der Waals surface area contributed by atoms with Crippen molar-refractivity contribution in [2.45, 2.75) is 0 Å². The maximum absolute atomic E-state index is 9.38. The highest BCUT2D eigenvalue weighted by Gasteiger charge is 2.00. The van der Waals surface area contributed by atoms with Gasteiger partial charge in [0.1, 0.15) is 6.26 Å².